The summed E-state index contributed by atoms with van der Waals surface area (Å²) in [7, 11) is 0. The Balaban J connectivity index is 1.93. The molecule has 0 unspecified atom stereocenters. The third-order valence-corrected chi connectivity index (χ3v) is 3.91. The number of pyridine rings is 3. The highest BCUT2D eigenvalue weighted by Crippen LogP contribution is 2.30. The monoisotopic (exact) mass is 331 g/mol. The van der Waals surface area contributed by atoms with Crippen molar-refractivity contribution in [2.45, 2.75) is 0 Å². The summed E-state index contributed by atoms with van der Waals surface area (Å²) in [4.78, 5) is 13.0. The van der Waals surface area contributed by atoms with E-state index < -0.39 is 0 Å². The second kappa shape index (κ2) is 5.76. The van der Waals surface area contributed by atoms with Gasteiger partial charge in [0, 0.05) is 23.5 Å². The zero-order valence-corrected chi connectivity index (χ0v) is 13.1. The minimum absolute atomic E-state index is 0.418. The van der Waals surface area contributed by atoms with E-state index in [0.29, 0.717) is 16.5 Å². The van der Waals surface area contributed by atoms with Crippen LogP contribution in [0.1, 0.15) is 5.69 Å². The number of imidazole rings is 1. The molecular weight excluding hydrogens is 322 g/mol. The molecule has 4 rings (SSSR count). The highest BCUT2D eigenvalue weighted by molar-refractivity contribution is 6.29. The highest BCUT2D eigenvalue weighted by atomic mass is 35.5. The van der Waals surface area contributed by atoms with Crippen molar-refractivity contribution in [3.63, 3.8) is 0 Å². The zero-order chi connectivity index (χ0) is 16.5. The molecule has 4 aromatic rings. The summed E-state index contributed by atoms with van der Waals surface area (Å²) in [6, 6.07) is 15.2. The SMILES string of the molecule is N#Cc1cnc2ccc(-c3cccnc3-c3cccc(Cl)n3)cn12. The first-order valence-corrected chi connectivity index (χ1v) is 7.59. The van der Waals surface area contributed by atoms with Gasteiger partial charge in [-0.25, -0.2) is 9.97 Å². The van der Waals surface area contributed by atoms with Crippen molar-refractivity contribution in [3.05, 3.63) is 71.9 Å². The molecule has 114 valence electrons. The summed E-state index contributed by atoms with van der Waals surface area (Å²) in [5.74, 6) is 0. The fourth-order valence-electron chi connectivity index (χ4n) is 2.61. The molecule has 0 aliphatic carbocycles. The summed E-state index contributed by atoms with van der Waals surface area (Å²) >= 11 is 6.01. The van der Waals surface area contributed by atoms with Crippen LogP contribution in [-0.4, -0.2) is 19.4 Å². The molecule has 6 heteroatoms. The Hall–Kier alpha value is -3.23. The van der Waals surface area contributed by atoms with Crippen molar-refractivity contribution in [1.29, 1.82) is 5.26 Å². The number of hydrogen-bond donors (Lipinski definition) is 0. The van der Waals surface area contributed by atoms with Gasteiger partial charge in [-0.1, -0.05) is 23.7 Å². The average molecular weight is 332 g/mol. The van der Waals surface area contributed by atoms with Gasteiger partial charge in [0.25, 0.3) is 0 Å². The molecule has 0 saturated heterocycles. The quantitative estimate of drug-likeness (QED) is 0.521. The lowest BCUT2D eigenvalue weighted by atomic mass is 10.0. The van der Waals surface area contributed by atoms with Crippen LogP contribution >= 0.6 is 11.6 Å². The predicted octanol–water partition coefficient (Wildman–Crippen LogP) is 3.98. The van der Waals surface area contributed by atoms with E-state index >= 15 is 0 Å². The van der Waals surface area contributed by atoms with Gasteiger partial charge in [0.05, 0.1) is 17.6 Å². The Morgan fingerprint density at radius 2 is 1.96 bits per heavy atom. The van der Waals surface area contributed by atoms with E-state index in [1.54, 1.807) is 22.9 Å². The summed E-state index contributed by atoms with van der Waals surface area (Å²) in [5, 5.41) is 9.62. The molecule has 0 N–H and O–H groups in total. The van der Waals surface area contributed by atoms with Gasteiger partial charge in [-0.2, -0.15) is 5.26 Å². The molecule has 4 heterocycles. The van der Waals surface area contributed by atoms with E-state index in [0.717, 1.165) is 22.5 Å². The molecule has 0 aliphatic heterocycles. The number of aromatic nitrogens is 4. The fourth-order valence-corrected chi connectivity index (χ4v) is 2.77. The summed E-state index contributed by atoms with van der Waals surface area (Å²) in [5.41, 5.74) is 4.47. The van der Waals surface area contributed by atoms with Crippen molar-refractivity contribution in [2.75, 3.05) is 0 Å². The largest absolute Gasteiger partial charge is 0.291 e. The minimum atomic E-state index is 0.418. The van der Waals surface area contributed by atoms with Crippen LogP contribution in [0.5, 0.6) is 0 Å². The molecule has 0 aliphatic rings. The van der Waals surface area contributed by atoms with Gasteiger partial charge in [0.15, 0.2) is 0 Å². The van der Waals surface area contributed by atoms with E-state index in [1.807, 2.05) is 42.6 Å². The lowest BCUT2D eigenvalue weighted by Crippen LogP contribution is -1.94. The van der Waals surface area contributed by atoms with Crippen LogP contribution in [0, 0.1) is 11.3 Å². The first-order valence-electron chi connectivity index (χ1n) is 7.22. The number of fused-ring (bicyclic) bond motifs is 1. The van der Waals surface area contributed by atoms with Crippen LogP contribution in [0.4, 0.5) is 0 Å². The Morgan fingerprint density at radius 3 is 2.79 bits per heavy atom. The van der Waals surface area contributed by atoms with Crippen molar-refractivity contribution >= 4 is 17.2 Å². The van der Waals surface area contributed by atoms with E-state index in [-0.39, 0.29) is 0 Å². The second-order valence-corrected chi connectivity index (χ2v) is 5.53. The molecule has 0 spiro atoms. The molecule has 4 aromatic heterocycles. The van der Waals surface area contributed by atoms with E-state index in [9.17, 15) is 5.26 Å². The molecule has 0 fully saturated rings. The first kappa shape index (κ1) is 14.4. The average Bonchev–Trinajstić information content (AvgIpc) is 3.04. The predicted molar refractivity (Wildman–Crippen MR) is 91.4 cm³/mol. The number of rotatable bonds is 2. The van der Waals surface area contributed by atoms with E-state index in [2.05, 4.69) is 21.0 Å². The molecule has 0 radical (unpaired) electrons. The Labute approximate surface area is 142 Å². The van der Waals surface area contributed by atoms with Gasteiger partial charge in [-0.15, -0.1) is 0 Å². The Kier molecular flexibility index (Phi) is 3.45. The second-order valence-electron chi connectivity index (χ2n) is 5.15. The molecule has 0 saturated carbocycles. The van der Waals surface area contributed by atoms with Gasteiger partial charge in [0.1, 0.15) is 22.6 Å². The Bertz CT molecular complexity index is 1090. The number of nitrogens with zero attached hydrogens (tertiary/aromatic N) is 5. The summed E-state index contributed by atoms with van der Waals surface area (Å²) in [6.07, 6.45) is 5.16. The third-order valence-electron chi connectivity index (χ3n) is 3.70. The molecule has 0 amide bonds. The van der Waals surface area contributed by atoms with Crippen molar-refractivity contribution in [3.8, 4) is 28.6 Å². The lowest BCUT2D eigenvalue weighted by molar-refractivity contribution is 1.15. The maximum Gasteiger partial charge on any atom is 0.144 e. The molecule has 0 bridgehead atoms. The van der Waals surface area contributed by atoms with Gasteiger partial charge in [-0.05, 0) is 30.3 Å². The molecule has 24 heavy (non-hydrogen) atoms. The van der Waals surface area contributed by atoms with Gasteiger partial charge >= 0.3 is 0 Å². The molecular formula is C18H10ClN5. The normalized spacial score (nSPS) is 10.7. The fraction of sp³-hybridized carbons (Fsp3) is 0. The van der Waals surface area contributed by atoms with Gasteiger partial charge < -0.3 is 0 Å². The number of halogens is 1. The van der Waals surface area contributed by atoms with Crippen LogP contribution in [0.25, 0.3) is 28.2 Å². The van der Waals surface area contributed by atoms with Crippen LogP contribution in [0.2, 0.25) is 5.15 Å². The van der Waals surface area contributed by atoms with Crippen LogP contribution in [0.3, 0.4) is 0 Å². The van der Waals surface area contributed by atoms with E-state index in [4.69, 9.17) is 11.6 Å². The third kappa shape index (κ3) is 2.39. The van der Waals surface area contributed by atoms with Gasteiger partial charge in [0.2, 0.25) is 0 Å². The van der Waals surface area contributed by atoms with Crippen molar-refractivity contribution in [1.82, 2.24) is 19.4 Å². The topological polar surface area (TPSA) is 66.9 Å². The zero-order valence-electron chi connectivity index (χ0n) is 12.4. The van der Waals surface area contributed by atoms with Crippen molar-refractivity contribution < 1.29 is 0 Å². The van der Waals surface area contributed by atoms with Crippen LogP contribution in [-0.2, 0) is 0 Å². The van der Waals surface area contributed by atoms with Crippen molar-refractivity contribution in [2.24, 2.45) is 0 Å². The highest BCUT2D eigenvalue weighted by Gasteiger charge is 2.12. The molecule has 5 nitrogen and oxygen atoms in total. The number of nitriles is 1. The van der Waals surface area contributed by atoms with Crippen LogP contribution in [0.15, 0.2) is 61.1 Å². The number of hydrogen-bond acceptors (Lipinski definition) is 4. The first-order chi connectivity index (χ1) is 11.8. The smallest absolute Gasteiger partial charge is 0.144 e. The standard InChI is InChI=1S/C18H10ClN5/c19-16-5-1-4-15(23-16)18-14(3-2-8-21-18)12-6-7-17-22-10-13(9-20)24(17)11-12/h1-8,10-11H. The Morgan fingerprint density at radius 1 is 1.04 bits per heavy atom. The maximum absolute atomic E-state index is 9.20. The summed E-state index contributed by atoms with van der Waals surface area (Å²) in [6.45, 7) is 0. The lowest BCUT2D eigenvalue weighted by Gasteiger charge is -2.09. The summed E-state index contributed by atoms with van der Waals surface area (Å²) < 4.78 is 1.76. The van der Waals surface area contributed by atoms with Crippen LogP contribution < -0.4 is 0 Å². The minimum Gasteiger partial charge on any atom is -0.291 e. The van der Waals surface area contributed by atoms with E-state index in [1.165, 1.54) is 0 Å². The molecule has 0 aromatic carbocycles. The maximum atomic E-state index is 9.20. The van der Waals surface area contributed by atoms with Gasteiger partial charge in [-0.3, -0.25) is 9.38 Å². The molecule has 0 atom stereocenters.